The number of nitrogens with zero attached hydrogens (tertiary/aromatic N) is 3. The molecule has 0 aromatic carbocycles. The largest absolute Gasteiger partial charge is 0.478 e. The minimum absolute atomic E-state index is 0.163. The molecule has 6 heteroatoms. The topological polar surface area (TPSA) is 75.5 Å². The molecule has 1 aromatic heterocycles. The molecule has 0 bridgehead atoms. The summed E-state index contributed by atoms with van der Waals surface area (Å²) in [7, 11) is 0. The van der Waals surface area contributed by atoms with Gasteiger partial charge in [-0.05, 0) is 19.4 Å². The summed E-state index contributed by atoms with van der Waals surface area (Å²) in [5, 5.41) is 9.19. The summed E-state index contributed by atoms with van der Waals surface area (Å²) in [4.78, 5) is 22.2. The summed E-state index contributed by atoms with van der Waals surface area (Å²) in [5.41, 5.74) is 0.799. The third-order valence-electron chi connectivity index (χ3n) is 3.58. The zero-order valence-corrected chi connectivity index (χ0v) is 12.7. The van der Waals surface area contributed by atoms with E-state index in [9.17, 15) is 9.90 Å². The van der Waals surface area contributed by atoms with Gasteiger partial charge in [-0.15, -0.1) is 0 Å². The van der Waals surface area contributed by atoms with E-state index in [0.717, 1.165) is 32.5 Å². The quantitative estimate of drug-likeness (QED) is 0.863. The Morgan fingerprint density at radius 3 is 2.95 bits per heavy atom. The Labute approximate surface area is 125 Å². The van der Waals surface area contributed by atoms with Gasteiger partial charge in [0.05, 0.1) is 17.9 Å². The first-order chi connectivity index (χ1) is 10.2. The number of morpholine rings is 1. The molecule has 0 aliphatic carbocycles. The predicted octanol–water partition coefficient (Wildman–Crippen LogP) is 1.91. The maximum Gasteiger partial charge on any atom is 0.339 e. The summed E-state index contributed by atoms with van der Waals surface area (Å²) in [6, 6.07) is 0. The molecular weight excluding hydrogens is 270 g/mol. The molecule has 116 valence electrons. The molecule has 1 aromatic rings. The number of carboxylic acid groups (broad SMARTS) is 1. The van der Waals surface area contributed by atoms with Crippen LogP contribution in [0.5, 0.6) is 0 Å². The van der Waals surface area contributed by atoms with E-state index in [1.54, 1.807) is 0 Å². The second kappa shape index (κ2) is 7.47. The van der Waals surface area contributed by atoms with Crippen LogP contribution in [0.15, 0.2) is 6.20 Å². The van der Waals surface area contributed by atoms with Crippen LogP contribution in [0.4, 0.5) is 0 Å². The van der Waals surface area contributed by atoms with Crippen LogP contribution in [0.25, 0.3) is 0 Å². The van der Waals surface area contributed by atoms with Crippen molar-refractivity contribution in [2.75, 3.05) is 26.2 Å². The van der Waals surface area contributed by atoms with Crippen molar-refractivity contribution in [3.8, 4) is 0 Å². The van der Waals surface area contributed by atoms with Gasteiger partial charge in [0.1, 0.15) is 6.10 Å². The summed E-state index contributed by atoms with van der Waals surface area (Å²) in [5.74, 6) is -0.369. The minimum atomic E-state index is -0.970. The Bertz CT molecular complexity index is 491. The minimum Gasteiger partial charge on any atom is -0.478 e. The zero-order chi connectivity index (χ0) is 15.2. The third kappa shape index (κ3) is 3.98. The van der Waals surface area contributed by atoms with Gasteiger partial charge in [0.15, 0.2) is 5.82 Å². The maximum absolute atomic E-state index is 11.2. The molecule has 1 atom stereocenters. The van der Waals surface area contributed by atoms with Crippen LogP contribution in [0.2, 0.25) is 0 Å². The van der Waals surface area contributed by atoms with Crippen LogP contribution in [0, 0.1) is 0 Å². The molecule has 1 aliphatic rings. The van der Waals surface area contributed by atoms with E-state index in [1.165, 1.54) is 6.20 Å². The van der Waals surface area contributed by atoms with E-state index in [-0.39, 0.29) is 11.7 Å². The second-order valence-electron chi connectivity index (χ2n) is 5.30. The molecule has 0 radical (unpaired) electrons. The molecule has 2 heterocycles. The average molecular weight is 293 g/mol. The van der Waals surface area contributed by atoms with Gasteiger partial charge in [-0.25, -0.2) is 14.8 Å². The van der Waals surface area contributed by atoms with E-state index >= 15 is 0 Å². The number of ether oxygens (including phenoxy) is 1. The van der Waals surface area contributed by atoms with Crippen LogP contribution < -0.4 is 0 Å². The molecule has 1 aliphatic heterocycles. The number of carbonyl (C=O) groups is 1. The first-order valence-electron chi connectivity index (χ1n) is 7.58. The second-order valence-corrected chi connectivity index (χ2v) is 5.30. The third-order valence-corrected chi connectivity index (χ3v) is 3.58. The van der Waals surface area contributed by atoms with Crippen molar-refractivity contribution in [3.05, 3.63) is 23.3 Å². The van der Waals surface area contributed by atoms with Crippen molar-refractivity contribution < 1.29 is 14.6 Å². The highest BCUT2D eigenvalue weighted by Crippen LogP contribution is 2.20. The fourth-order valence-electron chi connectivity index (χ4n) is 2.57. The van der Waals surface area contributed by atoms with Crippen LogP contribution in [-0.4, -0.2) is 52.2 Å². The standard InChI is InChI=1S/C15H23N3O3/c1-3-5-12-11(15(19)20)9-16-14(17-12)13-10-18(6-4-2)7-8-21-13/h9,13H,3-8,10H2,1-2H3,(H,19,20). The number of aromatic nitrogens is 2. The van der Waals surface area contributed by atoms with Crippen LogP contribution in [0.1, 0.15) is 54.7 Å². The van der Waals surface area contributed by atoms with Gasteiger partial charge < -0.3 is 9.84 Å². The lowest BCUT2D eigenvalue weighted by Gasteiger charge is -2.31. The first kappa shape index (κ1) is 15.9. The predicted molar refractivity (Wildman–Crippen MR) is 78.4 cm³/mol. The van der Waals surface area contributed by atoms with Crippen molar-refractivity contribution in [1.82, 2.24) is 14.9 Å². The van der Waals surface area contributed by atoms with Gasteiger partial charge in [-0.3, -0.25) is 4.90 Å². The fourth-order valence-corrected chi connectivity index (χ4v) is 2.57. The van der Waals surface area contributed by atoms with Crippen molar-refractivity contribution in [2.24, 2.45) is 0 Å². The van der Waals surface area contributed by atoms with Gasteiger partial charge in [0.2, 0.25) is 0 Å². The normalized spacial score (nSPS) is 19.6. The Hall–Kier alpha value is -1.53. The van der Waals surface area contributed by atoms with Crippen LogP contribution >= 0.6 is 0 Å². The van der Waals surface area contributed by atoms with Gasteiger partial charge in [0.25, 0.3) is 0 Å². The smallest absolute Gasteiger partial charge is 0.339 e. The molecule has 1 saturated heterocycles. The Morgan fingerprint density at radius 2 is 2.29 bits per heavy atom. The van der Waals surface area contributed by atoms with Crippen LogP contribution in [0.3, 0.4) is 0 Å². The molecule has 0 spiro atoms. The summed E-state index contributed by atoms with van der Waals surface area (Å²) in [6.07, 6.45) is 3.85. The highest BCUT2D eigenvalue weighted by atomic mass is 16.5. The summed E-state index contributed by atoms with van der Waals surface area (Å²) < 4.78 is 5.76. The average Bonchev–Trinajstić information content (AvgIpc) is 2.48. The zero-order valence-electron chi connectivity index (χ0n) is 12.7. The number of hydrogen-bond acceptors (Lipinski definition) is 5. The number of rotatable bonds is 6. The highest BCUT2D eigenvalue weighted by molar-refractivity contribution is 5.88. The molecule has 2 rings (SSSR count). The fraction of sp³-hybridized carbons (Fsp3) is 0.667. The molecular formula is C15H23N3O3. The highest BCUT2D eigenvalue weighted by Gasteiger charge is 2.25. The molecule has 0 saturated carbocycles. The lowest BCUT2D eigenvalue weighted by Crippen LogP contribution is -2.39. The van der Waals surface area contributed by atoms with Crippen molar-refractivity contribution in [1.29, 1.82) is 0 Å². The van der Waals surface area contributed by atoms with Crippen molar-refractivity contribution in [2.45, 2.75) is 39.2 Å². The van der Waals surface area contributed by atoms with Gasteiger partial charge in [-0.2, -0.15) is 0 Å². The SMILES string of the molecule is CCCc1nc(C2CN(CCC)CCO2)ncc1C(=O)O. The molecule has 1 fully saturated rings. The molecule has 21 heavy (non-hydrogen) atoms. The Balaban J connectivity index is 2.19. The molecule has 6 nitrogen and oxygen atoms in total. The van der Waals surface area contributed by atoms with Crippen molar-refractivity contribution in [3.63, 3.8) is 0 Å². The maximum atomic E-state index is 11.2. The number of aromatic carboxylic acids is 1. The van der Waals surface area contributed by atoms with Gasteiger partial charge in [0, 0.05) is 19.3 Å². The van der Waals surface area contributed by atoms with Gasteiger partial charge in [-0.1, -0.05) is 20.3 Å². The number of carboxylic acids is 1. The lowest BCUT2D eigenvalue weighted by atomic mass is 10.1. The number of hydrogen-bond donors (Lipinski definition) is 1. The van der Waals surface area contributed by atoms with E-state index < -0.39 is 5.97 Å². The summed E-state index contributed by atoms with van der Waals surface area (Å²) >= 11 is 0. The molecule has 1 unspecified atom stereocenters. The van der Waals surface area contributed by atoms with Crippen LogP contribution in [-0.2, 0) is 11.2 Å². The van der Waals surface area contributed by atoms with E-state index in [1.807, 2.05) is 6.92 Å². The monoisotopic (exact) mass is 293 g/mol. The molecule has 0 amide bonds. The number of aryl methyl sites for hydroxylation is 1. The Morgan fingerprint density at radius 1 is 1.48 bits per heavy atom. The van der Waals surface area contributed by atoms with Crippen molar-refractivity contribution >= 4 is 5.97 Å². The van der Waals surface area contributed by atoms with Gasteiger partial charge >= 0.3 is 5.97 Å². The Kier molecular flexibility index (Phi) is 5.64. The van der Waals surface area contributed by atoms with E-state index in [2.05, 4.69) is 21.8 Å². The summed E-state index contributed by atoms with van der Waals surface area (Å²) in [6.45, 7) is 7.56. The lowest BCUT2D eigenvalue weighted by molar-refractivity contribution is -0.0343. The van der Waals surface area contributed by atoms with E-state index in [0.29, 0.717) is 24.5 Å². The van der Waals surface area contributed by atoms with E-state index in [4.69, 9.17) is 4.74 Å². The first-order valence-corrected chi connectivity index (χ1v) is 7.58. The molecule has 1 N–H and O–H groups in total.